The van der Waals surface area contributed by atoms with E-state index in [0.717, 1.165) is 28.6 Å². The first-order valence-corrected chi connectivity index (χ1v) is 11.0. The van der Waals surface area contributed by atoms with Crippen LogP contribution in [0, 0.1) is 13.8 Å². The highest BCUT2D eigenvalue weighted by Gasteiger charge is 2.34. The Morgan fingerprint density at radius 3 is 2.61 bits per heavy atom. The Balaban J connectivity index is 1.64. The number of carbonyl (C=O) groups excluding carboxylic acids is 3. The average molecular weight is 505 g/mol. The second-order valence-corrected chi connectivity index (χ2v) is 8.74. The number of benzene rings is 2. The smallest absolute Gasteiger partial charge is 0.293 e. The van der Waals surface area contributed by atoms with Crippen molar-refractivity contribution < 1.29 is 23.9 Å². The van der Waals surface area contributed by atoms with Gasteiger partial charge in [0, 0.05) is 0 Å². The van der Waals surface area contributed by atoms with Gasteiger partial charge in [-0.15, -0.1) is 0 Å². The number of ether oxygens (including phenoxy) is 2. The Kier molecular flexibility index (Phi) is 7.40. The first kappa shape index (κ1) is 22.9. The summed E-state index contributed by atoms with van der Waals surface area (Å²) in [5.41, 5.74) is 7.85. The van der Waals surface area contributed by atoms with Crippen molar-refractivity contribution >= 4 is 50.8 Å². The Morgan fingerprint density at radius 1 is 1.13 bits per heavy atom. The van der Waals surface area contributed by atoms with Gasteiger partial charge in [-0.1, -0.05) is 18.2 Å². The number of hydrogen-bond acceptors (Lipinski definition) is 6. The molecule has 0 bridgehead atoms. The predicted molar refractivity (Wildman–Crippen MR) is 123 cm³/mol. The third-order valence-corrected chi connectivity index (χ3v) is 5.94. The van der Waals surface area contributed by atoms with Crippen LogP contribution < -0.4 is 15.2 Å². The van der Waals surface area contributed by atoms with Crippen molar-refractivity contribution in [2.75, 3.05) is 19.8 Å². The molecule has 0 atom stereocenters. The number of halogens is 1. The van der Waals surface area contributed by atoms with Crippen molar-refractivity contribution in [2.24, 2.45) is 5.73 Å². The number of carbonyl (C=O) groups is 3. The van der Waals surface area contributed by atoms with Crippen LogP contribution in [0.3, 0.4) is 0 Å². The minimum atomic E-state index is -0.578. The molecule has 2 aromatic carbocycles. The molecule has 31 heavy (non-hydrogen) atoms. The molecule has 1 fully saturated rings. The lowest BCUT2D eigenvalue weighted by Gasteiger charge is -2.14. The Hall–Kier alpha value is -2.78. The summed E-state index contributed by atoms with van der Waals surface area (Å²) in [4.78, 5) is 37.4. The fraction of sp³-hybridized carbons (Fsp3) is 0.227. The molecule has 9 heteroatoms. The first-order chi connectivity index (χ1) is 14.7. The third-order valence-electron chi connectivity index (χ3n) is 4.41. The molecule has 0 saturated carbocycles. The summed E-state index contributed by atoms with van der Waals surface area (Å²) in [6.45, 7) is 4.06. The van der Waals surface area contributed by atoms with E-state index in [4.69, 9.17) is 15.2 Å². The molecule has 0 aliphatic carbocycles. The van der Waals surface area contributed by atoms with Crippen LogP contribution in [0.25, 0.3) is 6.08 Å². The number of aryl methyl sites for hydroxylation is 2. The van der Waals surface area contributed by atoms with Crippen LogP contribution in [-0.4, -0.2) is 41.7 Å². The molecule has 7 nitrogen and oxygen atoms in total. The van der Waals surface area contributed by atoms with Gasteiger partial charge in [-0.3, -0.25) is 19.3 Å². The molecule has 0 aromatic heterocycles. The van der Waals surface area contributed by atoms with Gasteiger partial charge in [0.25, 0.3) is 17.1 Å². The topological polar surface area (TPSA) is 98.9 Å². The van der Waals surface area contributed by atoms with E-state index in [1.807, 2.05) is 32.0 Å². The monoisotopic (exact) mass is 504 g/mol. The van der Waals surface area contributed by atoms with Crippen molar-refractivity contribution in [3.63, 3.8) is 0 Å². The number of primary amides is 1. The molecular formula is C22H21BrN2O5S. The number of nitrogens with zero attached hydrogens (tertiary/aromatic N) is 1. The minimum absolute atomic E-state index is 0.166. The average Bonchev–Trinajstić information content (AvgIpc) is 2.97. The number of thioether (sulfide) groups is 1. The summed E-state index contributed by atoms with van der Waals surface area (Å²) in [5, 5.41) is -0.332. The van der Waals surface area contributed by atoms with Gasteiger partial charge in [0.15, 0.2) is 6.61 Å². The second-order valence-electron chi connectivity index (χ2n) is 6.90. The van der Waals surface area contributed by atoms with Gasteiger partial charge in [-0.2, -0.15) is 0 Å². The van der Waals surface area contributed by atoms with Crippen LogP contribution in [0.4, 0.5) is 4.79 Å². The highest BCUT2D eigenvalue weighted by atomic mass is 79.9. The number of hydrogen-bond donors (Lipinski definition) is 1. The molecule has 0 radical (unpaired) electrons. The van der Waals surface area contributed by atoms with Crippen LogP contribution in [0.5, 0.6) is 11.5 Å². The summed E-state index contributed by atoms with van der Waals surface area (Å²) < 4.78 is 11.7. The van der Waals surface area contributed by atoms with Crippen LogP contribution in [-0.2, 0) is 9.59 Å². The molecule has 3 rings (SSSR count). The summed E-state index contributed by atoms with van der Waals surface area (Å²) in [6.07, 6.45) is 1.64. The van der Waals surface area contributed by atoms with Gasteiger partial charge in [0.05, 0.1) is 15.9 Å². The molecule has 0 spiro atoms. The largest absolute Gasteiger partial charge is 0.491 e. The molecule has 1 aliphatic rings. The van der Waals surface area contributed by atoms with Gasteiger partial charge in [0.2, 0.25) is 0 Å². The van der Waals surface area contributed by atoms with Crippen molar-refractivity contribution in [1.82, 2.24) is 4.90 Å². The minimum Gasteiger partial charge on any atom is -0.491 e. The molecule has 0 unspecified atom stereocenters. The van der Waals surface area contributed by atoms with E-state index >= 15 is 0 Å². The van der Waals surface area contributed by atoms with Gasteiger partial charge in [0.1, 0.15) is 18.1 Å². The summed E-state index contributed by atoms with van der Waals surface area (Å²) in [7, 11) is 0. The van der Waals surface area contributed by atoms with E-state index in [-0.39, 0.29) is 30.9 Å². The Labute approximate surface area is 192 Å². The predicted octanol–water partition coefficient (Wildman–Crippen LogP) is 4.05. The summed E-state index contributed by atoms with van der Waals surface area (Å²) in [5.74, 6) is 0.259. The fourth-order valence-electron chi connectivity index (χ4n) is 2.83. The zero-order valence-electron chi connectivity index (χ0n) is 17.0. The van der Waals surface area contributed by atoms with E-state index in [9.17, 15) is 14.4 Å². The molecule has 162 valence electrons. The normalized spacial score (nSPS) is 14.9. The van der Waals surface area contributed by atoms with Crippen molar-refractivity contribution in [3.05, 3.63) is 62.5 Å². The zero-order valence-corrected chi connectivity index (χ0v) is 19.4. The van der Waals surface area contributed by atoms with Crippen LogP contribution in [0.1, 0.15) is 16.7 Å². The maximum Gasteiger partial charge on any atom is 0.293 e. The van der Waals surface area contributed by atoms with Crippen molar-refractivity contribution in [3.8, 4) is 11.5 Å². The lowest BCUT2D eigenvalue weighted by molar-refractivity contribution is -0.123. The summed E-state index contributed by atoms with van der Waals surface area (Å²) in [6, 6.07) is 11.0. The SMILES string of the molecule is Cc1ccc(C)c(OCCN2C(=O)S/C(=C\c3ccc(OCC(N)=O)c(Br)c3)C2=O)c1. The molecule has 2 N–H and O–H groups in total. The lowest BCUT2D eigenvalue weighted by atomic mass is 10.1. The molecule has 2 aromatic rings. The quantitative estimate of drug-likeness (QED) is 0.544. The standard InChI is InChI=1S/C22H21BrN2O5S/c1-13-3-4-14(2)18(9-13)29-8-7-25-21(27)19(31-22(25)28)11-15-5-6-17(16(23)10-15)30-12-20(24)26/h3-6,9-11H,7-8,12H2,1-2H3,(H2,24,26)/b19-11-. The van der Waals surface area contributed by atoms with Crippen LogP contribution in [0.2, 0.25) is 0 Å². The molecule has 1 saturated heterocycles. The lowest BCUT2D eigenvalue weighted by Crippen LogP contribution is -2.32. The van der Waals surface area contributed by atoms with Gasteiger partial charge in [-0.05, 0) is 82.5 Å². The Bertz CT molecular complexity index is 1070. The molecular weight excluding hydrogens is 484 g/mol. The Morgan fingerprint density at radius 2 is 1.90 bits per heavy atom. The molecule has 1 aliphatic heterocycles. The van der Waals surface area contributed by atoms with E-state index < -0.39 is 5.91 Å². The van der Waals surface area contributed by atoms with Gasteiger partial charge < -0.3 is 15.2 Å². The van der Waals surface area contributed by atoms with E-state index in [1.54, 1.807) is 24.3 Å². The maximum absolute atomic E-state index is 12.7. The van der Waals surface area contributed by atoms with Crippen molar-refractivity contribution in [1.29, 1.82) is 0 Å². The van der Waals surface area contributed by atoms with Crippen LogP contribution in [0.15, 0.2) is 45.8 Å². The van der Waals surface area contributed by atoms with E-state index in [0.29, 0.717) is 20.7 Å². The number of amides is 3. The van der Waals surface area contributed by atoms with Gasteiger partial charge in [-0.25, -0.2) is 0 Å². The van der Waals surface area contributed by atoms with Gasteiger partial charge >= 0.3 is 0 Å². The second kappa shape index (κ2) is 10.0. The van der Waals surface area contributed by atoms with E-state index in [2.05, 4.69) is 15.9 Å². The summed E-state index contributed by atoms with van der Waals surface area (Å²) >= 11 is 4.25. The fourth-order valence-corrected chi connectivity index (χ4v) is 4.20. The van der Waals surface area contributed by atoms with Crippen molar-refractivity contribution in [2.45, 2.75) is 13.8 Å². The number of rotatable bonds is 8. The maximum atomic E-state index is 12.7. The van der Waals surface area contributed by atoms with Crippen LogP contribution >= 0.6 is 27.7 Å². The highest BCUT2D eigenvalue weighted by molar-refractivity contribution is 9.10. The third kappa shape index (κ3) is 5.89. The molecule has 1 heterocycles. The number of imide groups is 1. The number of nitrogens with two attached hydrogens (primary N) is 1. The molecule has 3 amide bonds. The zero-order chi connectivity index (χ0) is 22.5. The van der Waals surface area contributed by atoms with E-state index in [1.165, 1.54) is 4.90 Å². The first-order valence-electron chi connectivity index (χ1n) is 9.40. The highest BCUT2D eigenvalue weighted by Crippen LogP contribution is 2.34.